The van der Waals surface area contributed by atoms with E-state index in [2.05, 4.69) is 0 Å². The van der Waals surface area contributed by atoms with E-state index < -0.39 is 0 Å². The third-order valence-electron chi connectivity index (χ3n) is 1.60. The fourth-order valence-electron chi connectivity index (χ4n) is 1.01. The smallest absolute Gasteiger partial charge is 0.0883 e. The van der Waals surface area contributed by atoms with E-state index in [1.165, 1.54) is 0 Å². The molecule has 0 amide bonds. The monoisotopic (exact) mass is 128 g/mol. The molecule has 2 nitrogen and oxygen atoms in total. The van der Waals surface area contributed by atoms with Crippen LogP contribution in [0.2, 0.25) is 0 Å². The van der Waals surface area contributed by atoms with E-state index in [0.717, 1.165) is 19.3 Å². The van der Waals surface area contributed by atoms with E-state index in [4.69, 9.17) is 10.2 Å². The van der Waals surface area contributed by atoms with Crippen molar-refractivity contribution < 1.29 is 10.2 Å². The number of aliphatic hydroxyl groups is 2. The maximum Gasteiger partial charge on any atom is 0.0883 e. The van der Waals surface area contributed by atoms with Gasteiger partial charge in [0.1, 0.15) is 0 Å². The Morgan fingerprint density at radius 3 is 3.11 bits per heavy atom. The Morgan fingerprint density at radius 2 is 2.33 bits per heavy atom. The van der Waals surface area contributed by atoms with E-state index in [9.17, 15) is 0 Å². The number of hydrogen-bond donors (Lipinski definition) is 2. The molecule has 1 aliphatic carbocycles. The van der Waals surface area contributed by atoms with Gasteiger partial charge in [-0.1, -0.05) is 0 Å². The maximum absolute atomic E-state index is 9.05. The van der Waals surface area contributed by atoms with Crippen LogP contribution in [-0.4, -0.2) is 16.3 Å². The summed E-state index contributed by atoms with van der Waals surface area (Å²) in [7, 11) is 0. The second-order valence-electron chi connectivity index (χ2n) is 2.48. The Kier molecular flexibility index (Phi) is 2.11. The molecule has 1 unspecified atom stereocenters. The van der Waals surface area contributed by atoms with Gasteiger partial charge in [0.25, 0.3) is 0 Å². The van der Waals surface area contributed by atoms with Gasteiger partial charge in [-0.15, -0.1) is 0 Å². The highest BCUT2D eigenvalue weighted by Crippen LogP contribution is 2.14. The molecular formula is C7H12O2. The van der Waals surface area contributed by atoms with Crippen molar-refractivity contribution in [3.63, 3.8) is 0 Å². The Hall–Kier alpha value is -0.500. The molecule has 0 aromatic heterocycles. The van der Waals surface area contributed by atoms with Crippen LogP contribution >= 0.6 is 0 Å². The van der Waals surface area contributed by atoms with Gasteiger partial charge in [-0.3, -0.25) is 0 Å². The van der Waals surface area contributed by atoms with Crippen molar-refractivity contribution in [2.75, 3.05) is 0 Å². The van der Waals surface area contributed by atoms with Gasteiger partial charge in [-0.05, 0) is 25.3 Å². The molecule has 9 heavy (non-hydrogen) atoms. The SMILES string of the molecule is OC1=CCC(O)CCC1. The lowest BCUT2D eigenvalue weighted by molar-refractivity contribution is 0.167. The summed E-state index contributed by atoms with van der Waals surface area (Å²) in [6.07, 6.45) is 4.56. The molecule has 1 aliphatic rings. The van der Waals surface area contributed by atoms with Crippen molar-refractivity contribution in [2.24, 2.45) is 0 Å². The van der Waals surface area contributed by atoms with Crippen molar-refractivity contribution in [1.82, 2.24) is 0 Å². The second-order valence-corrected chi connectivity index (χ2v) is 2.48. The van der Waals surface area contributed by atoms with Crippen LogP contribution in [0.25, 0.3) is 0 Å². The summed E-state index contributed by atoms with van der Waals surface area (Å²) >= 11 is 0. The first-order valence-electron chi connectivity index (χ1n) is 3.35. The average Bonchev–Trinajstić information content (AvgIpc) is 1.97. The molecule has 0 saturated carbocycles. The van der Waals surface area contributed by atoms with Gasteiger partial charge >= 0.3 is 0 Å². The van der Waals surface area contributed by atoms with Crippen LogP contribution in [0.3, 0.4) is 0 Å². The van der Waals surface area contributed by atoms with Gasteiger partial charge in [0.05, 0.1) is 11.9 Å². The van der Waals surface area contributed by atoms with E-state index in [0.29, 0.717) is 12.2 Å². The van der Waals surface area contributed by atoms with Gasteiger partial charge in [-0.25, -0.2) is 0 Å². The zero-order valence-corrected chi connectivity index (χ0v) is 5.38. The molecule has 52 valence electrons. The summed E-state index contributed by atoms with van der Waals surface area (Å²) in [6, 6.07) is 0. The predicted molar refractivity (Wildman–Crippen MR) is 35.2 cm³/mol. The lowest BCUT2D eigenvalue weighted by atomic mass is 10.2. The molecule has 1 rings (SSSR count). The van der Waals surface area contributed by atoms with E-state index >= 15 is 0 Å². The van der Waals surface area contributed by atoms with E-state index in [1.54, 1.807) is 6.08 Å². The predicted octanol–water partition coefficient (Wildman–Crippen LogP) is 1.36. The summed E-state index contributed by atoms with van der Waals surface area (Å²) < 4.78 is 0. The third-order valence-corrected chi connectivity index (χ3v) is 1.60. The summed E-state index contributed by atoms with van der Waals surface area (Å²) in [5, 5.41) is 18.0. The first-order chi connectivity index (χ1) is 4.29. The van der Waals surface area contributed by atoms with Crippen LogP contribution in [0, 0.1) is 0 Å². The van der Waals surface area contributed by atoms with Crippen molar-refractivity contribution in [3.05, 3.63) is 11.8 Å². The molecule has 0 aromatic rings. The summed E-state index contributed by atoms with van der Waals surface area (Å²) in [6.45, 7) is 0. The highest BCUT2D eigenvalue weighted by molar-refractivity contribution is 4.94. The molecule has 1 atom stereocenters. The molecule has 0 bridgehead atoms. The van der Waals surface area contributed by atoms with Gasteiger partial charge in [-0.2, -0.15) is 0 Å². The van der Waals surface area contributed by atoms with Crippen LogP contribution in [-0.2, 0) is 0 Å². The Balaban J connectivity index is 2.42. The van der Waals surface area contributed by atoms with Crippen LogP contribution < -0.4 is 0 Å². The van der Waals surface area contributed by atoms with Crippen molar-refractivity contribution in [2.45, 2.75) is 31.8 Å². The van der Waals surface area contributed by atoms with Gasteiger partial charge < -0.3 is 10.2 Å². The van der Waals surface area contributed by atoms with Gasteiger partial charge in [0.15, 0.2) is 0 Å². The first kappa shape index (κ1) is 6.62. The molecule has 2 N–H and O–H groups in total. The van der Waals surface area contributed by atoms with Crippen molar-refractivity contribution >= 4 is 0 Å². The van der Waals surface area contributed by atoms with Crippen LogP contribution in [0.4, 0.5) is 0 Å². The summed E-state index contributed by atoms with van der Waals surface area (Å²) in [5.74, 6) is 0.437. The number of hydrogen-bond acceptors (Lipinski definition) is 2. The Labute approximate surface area is 54.8 Å². The van der Waals surface area contributed by atoms with Gasteiger partial charge in [0, 0.05) is 6.42 Å². The lowest BCUT2D eigenvalue weighted by Crippen LogP contribution is -2.01. The van der Waals surface area contributed by atoms with E-state index in [1.807, 2.05) is 0 Å². The highest BCUT2D eigenvalue weighted by Gasteiger charge is 2.07. The second kappa shape index (κ2) is 2.87. The molecule has 0 aromatic carbocycles. The zero-order valence-electron chi connectivity index (χ0n) is 5.38. The van der Waals surface area contributed by atoms with Crippen molar-refractivity contribution in [1.29, 1.82) is 0 Å². The minimum Gasteiger partial charge on any atom is -0.513 e. The largest absolute Gasteiger partial charge is 0.513 e. The maximum atomic E-state index is 9.05. The van der Waals surface area contributed by atoms with Gasteiger partial charge in [0.2, 0.25) is 0 Å². The standard InChI is InChI=1S/C7H12O2/c8-6-2-1-3-7(9)5-4-6/h4,7-9H,1-3,5H2. The number of rotatable bonds is 0. The highest BCUT2D eigenvalue weighted by atomic mass is 16.3. The fraction of sp³-hybridized carbons (Fsp3) is 0.714. The lowest BCUT2D eigenvalue weighted by Gasteiger charge is -2.00. The average molecular weight is 128 g/mol. The van der Waals surface area contributed by atoms with Crippen LogP contribution in [0.1, 0.15) is 25.7 Å². The minimum atomic E-state index is -0.227. The minimum absolute atomic E-state index is 0.227. The summed E-state index contributed by atoms with van der Waals surface area (Å²) in [5.41, 5.74) is 0. The Bertz CT molecular complexity index is 118. The zero-order chi connectivity index (χ0) is 6.69. The molecule has 2 heteroatoms. The Morgan fingerprint density at radius 1 is 1.56 bits per heavy atom. The molecule has 0 radical (unpaired) electrons. The first-order valence-corrected chi connectivity index (χ1v) is 3.35. The molecule has 0 aliphatic heterocycles. The number of allylic oxidation sites excluding steroid dienone is 1. The fourth-order valence-corrected chi connectivity index (χ4v) is 1.01. The third kappa shape index (κ3) is 2.06. The topological polar surface area (TPSA) is 40.5 Å². The normalized spacial score (nSPS) is 29.0. The number of aliphatic hydroxyl groups excluding tert-OH is 2. The molecule has 0 saturated heterocycles. The molecule has 0 fully saturated rings. The quantitative estimate of drug-likeness (QED) is 0.517. The van der Waals surface area contributed by atoms with Crippen LogP contribution in [0.15, 0.2) is 11.8 Å². The van der Waals surface area contributed by atoms with Crippen LogP contribution in [0.5, 0.6) is 0 Å². The molecule has 0 spiro atoms. The van der Waals surface area contributed by atoms with E-state index in [-0.39, 0.29) is 6.10 Å². The van der Waals surface area contributed by atoms with Crippen molar-refractivity contribution in [3.8, 4) is 0 Å². The molecule has 0 heterocycles. The molecular weight excluding hydrogens is 116 g/mol. The summed E-state index contributed by atoms with van der Waals surface area (Å²) in [4.78, 5) is 0.